The Morgan fingerprint density at radius 3 is 2.39 bits per heavy atom. The van der Waals surface area contributed by atoms with Crippen LogP contribution in [0.2, 0.25) is 5.02 Å². The van der Waals surface area contributed by atoms with Crippen molar-refractivity contribution in [1.82, 2.24) is 14.5 Å². The Hall–Kier alpha value is -1.84. The van der Waals surface area contributed by atoms with Gasteiger partial charge in [0.25, 0.3) is 0 Å². The summed E-state index contributed by atoms with van der Waals surface area (Å²) in [6, 6.07) is 14.5. The average Bonchev–Trinajstić information content (AvgIpc) is 2.90. The van der Waals surface area contributed by atoms with Crippen LogP contribution in [0.25, 0.3) is 22.4 Å². The summed E-state index contributed by atoms with van der Waals surface area (Å²) in [5, 5.41) is 0.723. The van der Waals surface area contributed by atoms with E-state index in [9.17, 15) is 0 Å². The number of benzene rings is 2. The minimum absolute atomic E-state index is 0.723. The number of imidazole rings is 1. The number of aryl methyl sites for hydroxylation is 1. The monoisotopic (exact) mass is 327 g/mol. The zero-order chi connectivity index (χ0) is 16.4. The van der Waals surface area contributed by atoms with Crippen LogP contribution in [-0.4, -0.2) is 27.5 Å². The molecule has 23 heavy (non-hydrogen) atoms. The molecule has 0 fully saturated rings. The highest BCUT2D eigenvalue weighted by Gasteiger charge is 2.14. The highest BCUT2D eigenvalue weighted by Crippen LogP contribution is 2.27. The van der Waals surface area contributed by atoms with Crippen LogP contribution in [0.1, 0.15) is 19.4 Å². The van der Waals surface area contributed by atoms with Crippen LogP contribution in [0, 0.1) is 6.92 Å². The van der Waals surface area contributed by atoms with E-state index in [0.29, 0.717) is 0 Å². The standard InChI is InChI=1S/C19H22ClN3/c1-4-22(5-2)13-23-18-11-10-16(20)12-17(18)21-19(23)15-8-6-14(3)7-9-15/h6-12H,4-5,13H2,1-3H3. The molecule has 0 saturated heterocycles. The molecule has 0 unspecified atom stereocenters. The summed E-state index contributed by atoms with van der Waals surface area (Å²) in [4.78, 5) is 7.23. The average molecular weight is 328 g/mol. The number of fused-ring (bicyclic) bond motifs is 1. The van der Waals surface area contributed by atoms with Gasteiger partial charge in [0, 0.05) is 10.6 Å². The summed E-state index contributed by atoms with van der Waals surface area (Å²) in [6.07, 6.45) is 0. The van der Waals surface area contributed by atoms with E-state index >= 15 is 0 Å². The minimum atomic E-state index is 0.723. The molecule has 4 heteroatoms. The Balaban J connectivity index is 2.16. The smallest absolute Gasteiger partial charge is 0.142 e. The Bertz CT molecular complexity index is 801. The van der Waals surface area contributed by atoms with E-state index in [1.807, 2.05) is 12.1 Å². The number of hydrogen-bond acceptors (Lipinski definition) is 2. The van der Waals surface area contributed by atoms with Gasteiger partial charge in [-0.1, -0.05) is 55.3 Å². The van der Waals surface area contributed by atoms with E-state index in [-0.39, 0.29) is 0 Å². The molecule has 2 aromatic carbocycles. The maximum absolute atomic E-state index is 6.15. The van der Waals surface area contributed by atoms with Gasteiger partial charge in [-0.3, -0.25) is 4.90 Å². The van der Waals surface area contributed by atoms with Crippen molar-refractivity contribution in [1.29, 1.82) is 0 Å². The zero-order valence-corrected chi connectivity index (χ0v) is 14.6. The van der Waals surface area contributed by atoms with Crippen LogP contribution >= 0.6 is 11.6 Å². The molecule has 0 atom stereocenters. The lowest BCUT2D eigenvalue weighted by Crippen LogP contribution is -2.26. The molecule has 0 aliphatic rings. The SMILES string of the molecule is CCN(CC)Cn1c(-c2ccc(C)cc2)nc2cc(Cl)ccc21. The molecule has 1 aromatic heterocycles. The van der Waals surface area contributed by atoms with Crippen molar-refractivity contribution in [2.24, 2.45) is 0 Å². The third-order valence-corrected chi connectivity index (χ3v) is 4.49. The van der Waals surface area contributed by atoms with Crippen LogP contribution in [0.4, 0.5) is 0 Å². The predicted molar refractivity (Wildman–Crippen MR) is 97.8 cm³/mol. The molecule has 120 valence electrons. The van der Waals surface area contributed by atoms with Gasteiger partial charge in [-0.15, -0.1) is 0 Å². The lowest BCUT2D eigenvalue weighted by Gasteiger charge is -2.21. The van der Waals surface area contributed by atoms with Gasteiger partial charge < -0.3 is 4.57 Å². The fourth-order valence-electron chi connectivity index (χ4n) is 2.79. The molecule has 3 aromatic rings. The molecule has 1 heterocycles. The van der Waals surface area contributed by atoms with Gasteiger partial charge in [0.15, 0.2) is 0 Å². The third kappa shape index (κ3) is 3.26. The second-order valence-corrected chi connectivity index (χ2v) is 6.24. The fraction of sp³-hybridized carbons (Fsp3) is 0.316. The molecule has 3 nitrogen and oxygen atoms in total. The first-order chi connectivity index (χ1) is 11.1. The zero-order valence-electron chi connectivity index (χ0n) is 13.9. The van der Waals surface area contributed by atoms with Crippen molar-refractivity contribution < 1.29 is 0 Å². The van der Waals surface area contributed by atoms with Crippen LogP contribution in [-0.2, 0) is 6.67 Å². The van der Waals surface area contributed by atoms with E-state index < -0.39 is 0 Å². The lowest BCUT2D eigenvalue weighted by molar-refractivity contribution is 0.247. The highest BCUT2D eigenvalue weighted by molar-refractivity contribution is 6.31. The van der Waals surface area contributed by atoms with E-state index in [2.05, 4.69) is 60.6 Å². The van der Waals surface area contributed by atoms with E-state index in [1.54, 1.807) is 0 Å². The summed E-state index contributed by atoms with van der Waals surface area (Å²) in [6.45, 7) is 9.32. The summed E-state index contributed by atoms with van der Waals surface area (Å²) in [5.74, 6) is 0.995. The van der Waals surface area contributed by atoms with E-state index in [1.165, 1.54) is 5.56 Å². The first kappa shape index (κ1) is 16.0. The van der Waals surface area contributed by atoms with Gasteiger partial charge in [-0.2, -0.15) is 0 Å². The normalized spacial score (nSPS) is 11.5. The van der Waals surface area contributed by atoms with Crippen molar-refractivity contribution in [3.05, 3.63) is 53.1 Å². The van der Waals surface area contributed by atoms with Crippen LogP contribution in [0.15, 0.2) is 42.5 Å². The largest absolute Gasteiger partial charge is 0.310 e. The van der Waals surface area contributed by atoms with Crippen molar-refractivity contribution in [2.75, 3.05) is 13.1 Å². The molecule has 0 bridgehead atoms. The van der Waals surface area contributed by atoms with Gasteiger partial charge in [0.2, 0.25) is 0 Å². The van der Waals surface area contributed by atoms with Crippen LogP contribution in [0.3, 0.4) is 0 Å². The third-order valence-electron chi connectivity index (χ3n) is 4.26. The number of aromatic nitrogens is 2. The molecule has 0 radical (unpaired) electrons. The lowest BCUT2D eigenvalue weighted by atomic mass is 10.1. The molecule has 0 amide bonds. The van der Waals surface area contributed by atoms with Crippen molar-refractivity contribution in [3.8, 4) is 11.4 Å². The Morgan fingerprint density at radius 2 is 1.74 bits per heavy atom. The second-order valence-electron chi connectivity index (χ2n) is 5.81. The Labute approximate surface area is 142 Å². The maximum atomic E-state index is 6.15. The molecular formula is C19H22ClN3. The second kappa shape index (κ2) is 6.73. The van der Waals surface area contributed by atoms with Gasteiger partial charge in [-0.05, 0) is 38.2 Å². The first-order valence-electron chi connectivity index (χ1n) is 8.07. The predicted octanol–water partition coefficient (Wildman–Crippen LogP) is 4.96. The first-order valence-corrected chi connectivity index (χ1v) is 8.45. The quantitative estimate of drug-likeness (QED) is 0.660. The van der Waals surface area contributed by atoms with Gasteiger partial charge in [0.1, 0.15) is 5.82 Å². The topological polar surface area (TPSA) is 21.1 Å². The van der Waals surface area contributed by atoms with Crippen molar-refractivity contribution in [3.63, 3.8) is 0 Å². The number of halogens is 1. The summed E-state index contributed by atoms with van der Waals surface area (Å²) in [5.41, 5.74) is 4.45. The van der Waals surface area contributed by atoms with Gasteiger partial charge in [0.05, 0.1) is 17.7 Å². The summed E-state index contributed by atoms with van der Waals surface area (Å²) >= 11 is 6.15. The van der Waals surface area contributed by atoms with Crippen molar-refractivity contribution >= 4 is 22.6 Å². The number of rotatable bonds is 5. The molecule has 3 rings (SSSR count). The Kier molecular flexibility index (Phi) is 4.69. The van der Waals surface area contributed by atoms with E-state index in [4.69, 9.17) is 16.6 Å². The molecule has 0 N–H and O–H groups in total. The van der Waals surface area contributed by atoms with Crippen molar-refractivity contribution in [2.45, 2.75) is 27.4 Å². The van der Waals surface area contributed by atoms with Crippen LogP contribution < -0.4 is 0 Å². The van der Waals surface area contributed by atoms with E-state index in [0.717, 1.165) is 47.2 Å². The number of nitrogens with zero attached hydrogens (tertiary/aromatic N) is 3. The van der Waals surface area contributed by atoms with Crippen LogP contribution in [0.5, 0.6) is 0 Å². The molecule has 0 aliphatic carbocycles. The molecule has 0 saturated carbocycles. The maximum Gasteiger partial charge on any atom is 0.142 e. The number of hydrogen-bond donors (Lipinski definition) is 0. The molecule has 0 aliphatic heterocycles. The summed E-state index contributed by atoms with van der Waals surface area (Å²) in [7, 11) is 0. The highest BCUT2D eigenvalue weighted by atomic mass is 35.5. The van der Waals surface area contributed by atoms with Gasteiger partial charge in [-0.25, -0.2) is 4.98 Å². The fourth-order valence-corrected chi connectivity index (χ4v) is 2.96. The Morgan fingerprint density at radius 1 is 1.04 bits per heavy atom. The molecular weight excluding hydrogens is 306 g/mol. The molecule has 0 spiro atoms. The van der Waals surface area contributed by atoms with Gasteiger partial charge >= 0.3 is 0 Å². The summed E-state index contributed by atoms with van der Waals surface area (Å²) < 4.78 is 2.28. The minimum Gasteiger partial charge on any atom is -0.310 e.